The fourth-order valence-corrected chi connectivity index (χ4v) is 3.25. The van der Waals surface area contributed by atoms with Gasteiger partial charge < -0.3 is 14.7 Å². The van der Waals surface area contributed by atoms with Gasteiger partial charge in [0, 0.05) is 19.1 Å². The van der Waals surface area contributed by atoms with Crippen LogP contribution in [0.4, 0.5) is 0 Å². The second-order valence-electron chi connectivity index (χ2n) is 5.48. The van der Waals surface area contributed by atoms with Crippen LogP contribution in [-0.4, -0.2) is 48.5 Å². The molecule has 1 saturated heterocycles. The minimum atomic E-state index is 0.156. The van der Waals surface area contributed by atoms with Crippen molar-refractivity contribution in [3.63, 3.8) is 0 Å². The minimum Gasteiger partial charge on any atom is -0.394 e. The van der Waals surface area contributed by atoms with Crippen LogP contribution in [-0.2, 0) is 4.74 Å². The number of aliphatic hydroxyl groups excluding tert-OH is 1. The van der Waals surface area contributed by atoms with Gasteiger partial charge >= 0.3 is 0 Å². The summed E-state index contributed by atoms with van der Waals surface area (Å²) in [6.07, 6.45) is 11.2. The van der Waals surface area contributed by atoms with Gasteiger partial charge in [0.05, 0.1) is 19.3 Å². The summed E-state index contributed by atoms with van der Waals surface area (Å²) in [7, 11) is 0. The van der Waals surface area contributed by atoms with Crippen LogP contribution in [0, 0.1) is 0 Å². The molecule has 100 valence electrons. The molecular formula is C14H27NO2. The molecular weight excluding hydrogens is 214 g/mol. The number of likely N-dealkylation sites (tertiary alicyclic amines) is 1. The van der Waals surface area contributed by atoms with Crippen LogP contribution < -0.4 is 0 Å². The van der Waals surface area contributed by atoms with Crippen molar-refractivity contribution in [1.29, 1.82) is 0 Å². The van der Waals surface area contributed by atoms with Gasteiger partial charge in [0.2, 0.25) is 0 Å². The Labute approximate surface area is 105 Å². The zero-order valence-electron chi connectivity index (χ0n) is 10.9. The van der Waals surface area contributed by atoms with Crippen molar-refractivity contribution in [1.82, 2.24) is 4.90 Å². The van der Waals surface area contributed by atoms with E-state index in [0.717, 1.165) is 18.9 Å². The number of rotatable bonds is 4. The smallest absolute Gasteiger partial charge is 0.0701 e. The van der Waals surface area contributed by atoms with E-state index >= 15 is 0 Å². The molecule has 2 fully saturated rings. The average molecular weight is 241 g/mol. The molecule has 0 spiro atoms. The van der Waals surface area contributed by atoms with E-state index in [4.69, 9.17) is 9.84 Å². The Kier molecular flexibility index (Phi) is 5.75. The summed E-state index contributed by atoms with van der Waals surface area (Å²) >= 11 is 0. The number of nitrogens with zero attached hydrogens (tertiary/aromatic N) is 1. The van der Waals surface area contributed by atoms with E-state index in [9.17, 15) is 0 Å². The molecule has 17 heavy (non-hydrogen) atoms. The summed E-state index contributed by atoms with van der Waals surface area (Å²) in [5, 5.41) is 8.75. The normalized spacial score (nSPS) is 25.9. The maximum absolute atomic E-state index is 8.75. The third-order valence-electron chi connectivity index (χ3n) is 4.26. The van der Waals surface area contributed by atoms with E-state index in [0.29, 0.717) is 12.7 Å². The predicted octanol–water partition coefficient (Wildman–Crippen LogP) is 2.18. The number of aliphatic hydroxyl groups is 1. The summed E-state index contributed by atoms with van der Waals surface area (Å²) < 4.78 is 5.62. The molecule has 0 radical (unpaired) electrons. The molecule has 0 aromatic heterocycles. The Bertz CT molecular complexity index is 194. The zero-order chi connectivity index (χ0) is 11.9. The molecule has 1 N–H and O–H groups in total. The standard InChI is InChI=1S/C14H27NO2/c16-11-12-17-14-7-9-15(10-8-14)13-5-3-1-2-4-6-13/h13-14,16H,1-12H2. The highest BCUT2D eigenvalue weighted by Gasteiger charge is 2.25. The summed E-state index contributed by atoms with van der Waals surface area (Å²) in [4.78, 5) is 2.68. The lowest BCUT2D eigenvalue weighted by Crippen LogP contribution is -2.43. The Morgan fingerprint density at radius 1 is 0.941 bits per heavy atom. The third kappa shape index (κ3) is 4.23. The lowest BCUT2D eigenvalue weighted by Gasteiger charge is -2.37. The van der Waals surface area contributed by atoms with Gasteiger partial charge in [-0.05, 0) is 25.7 Å². The number of ether oxygens (including phenoxy) is 1. The van der Waals surface area contributed by atoms with Crippen LogP contribution in [0.5, 0.6) is 0 Å². The van der Waals surface area contributed by atoms with Crippen molar-refractivity contribution in [2.75, 3.05) is 26.3 Å². The number of hydrogen-bond acceptors (Lipinski definition) is 3. The minimum absolute atomic E-state index is 0.156. The van der Waals surface area contributed by atoms with E-state index in [1.54, 1.807) is 0 Å². The van der Waals surface area contributed by atoms with Crippen LogP contribution in [0.1, 0.15) is 51.4 Å². The quantitative estimate of drug-likeness (QED) is 0.766. The first-order valence-corrected chi connectivity index (χ1v) is 7.36. The van der Waals surface area contributed by atoms with Crippen molar-refractivity contribution in [2.24, 2.45) is 0 Å². The van der Waals surface area contributed by atoms with Gasteiger partial charge in [-0.2, -0.15) is 0 Å². The molecule has 0 bridgehead atoms. The van der Waals surface area contributed by atoms with Crippen molar-refractivity contribution >= 4 is 0 Å². The van der Waals surface area contributed by atoms with Crippen LogP contribution in [0.15, 0.2) is 0 Å². The summed E-state index contributed by atoms with van der Waals surface area (Å²) in [5.74, 6) is 0. The lowest BCUT2D eigenvalue weighted by molar-refractivity contribution is -0.0164. The van der Waals surface area contributed by atoms with Gasteiger partial charge in [-0.15, -0.1) is 0 Å². The number of hydrogen-bond donors (Lipinski definition) is 1. The van der Waals surface area contributed by atoms with E-state index in [2.05, 4.69) is 4.90 Å². The van der Waals surface area contributed by atoms with E-state index in [1.807, 2.05) is 0 Å². The molecule has 1 aliphatic heterocycles. The zero-order valence-corrected chi connectivity index (χ0v) is 10.9. The molecule has 2 aliphatic rings. The van der Waals surface area contributed by atoms with Crippen LogP contribution in [0.25, 0.3) is 0 Å². The predicted molar refractivity (Wildman–Crippen MR) is 69.1 cm³/mol. The fraction of sp³-hybridized carbons (Fsp3) is 1.00. The Morgan fingerprint density at radius 3 is 2.18 bits per heavy atom. The van der Waals surface area contributed by atoms with Gasteiger partial charge in [0.15, 0.2) is 0 Å². The van der Waals surface area contributed by atoms with Gasteiger partial charge in [0.1, 0.15) is 0 Å². The first kappa shape index (κ1) is 13.3. The van der Waals surface area contributed by atoms with Gasteiger partial charge in [-0.25, -0.2) is 0 Å². The number of piperidine rings is 1. The molecule has 1 heterocycles. The molecule has 2 rings (SSSR count). The molecule has 0 amide bonds. The van der Waals surface area contributed by atoms with Crippen molar-refractivity contribution < 1.29 is 9.84 Å². The summed E-state index contributed by atoms with van der Waals surface area (Å²) in [6, 6.07) is 0.844. The molecule has 0 aromatic rings. The monoisotopic (exact) mass is 241 g/mol. The molecule has 0 aromatic carbocycles. The van der Waals surface area contributed by atoms with E-state index in [1.165, 1.54) is 51.6 Å². The molecule has 0 atom stereocenters. The van der Waals surface area contributed by atoms with Crippen LogP contribution in [0.2, 0.25) is 0 Å². The maximum atomic E-state index is 8.75. The highest BCUT2D eigenvalue weighted by atomic mass is 16.5. The van der Waals surface area contributed by atoms with Gasteiger partial charge in [-0.3, -0.25) is 0 Å². The Hall–Kier alpha value is -0.120. The third-order valence-corrected chi connectivity index (χ3v) is 4.26. The summed E-state index contributed by atoms with van der Waals surface area (Å²) in [5.41, 5.74) is 0. The molecule has 3 nitrogen and oxygen atoms in total. The Morgan fingerprint density at radius 2 is 1.59 bits per heavy atom. The van der Waals surface area contributed by atoms with Crippen molar-refractivity contribution in [2.45, 2.75) is 63.5 Å². The lowest BCUT2D eigenvalue weighted by atomic mass is 10.0. The molecule has 1 aliphatic carbocycles. The molecule has 3 heteroatoms. The fourth-order valence-electron chi connectivity index (χ4n) is 3.25. The average Bonchev–Trinajstić information content (AvgIpc) is 2.66. The molecule has 0 unspecified atom stereocenters. The highest BCUT2D eigenvalue weighted by Crippen LogP contribution is 2.25. The van der Waals surface area contributed by atoms with E-state index in [-0.39, 0.29) is 6.61 Å². The Balaban J connectivity index is 1.70. The van der Waals surface area contributed by atoms with Crippen molar-refractivity contribution in [3.05, 3.63) is 0 Å². The second-order valence-corrected chi connectivity index (χ2v) is 5.48. The van der Waals surface area contributed by atoms with E-state index < -0.39 is 0 Å². The second kappa shape index (κ2) is 7.34. The van der Waals surface area contributed by atoms with Gasteiger partial charge in [-0.1, -0.05) is 25.7 Å². The van der Waals surface area contributed by atoms with Crippen molar-refractivity contribution in [3.8, 4) is 0 Å². The first-order chi connectivity index (χ1) is 8.40. The maximum Gasteiger partial charge on any atom is 0.0701 e. The highest BCUT2D eigenvalue weighted by molar-refractivity contribution is 4.80. The first-order valence-electron chi connectivity index (χ1n) is 7.36. The topological polar surface area (TPSA) is 32.7 Å². The summed E-state index contributed by atoms with van der Waals surface area (Å²) in [6.45, 7) is 3.05. The van der Waals surface area contributed by atoms with Crippen LogP contribution in [0.3, 0.4) is 0 Å². The van der Waals surface area contributed by atoms with Gasteiger partial charge in [0.25, 0.3) is 0 Å². The molecule has 1 saturated carbocycles. The SMILES string of the molecule is OCCOC1CCN(C2CCCCCC2)CC1. The largest absolute Gasteiger partial charge is 0.394 e. The van der Waals surface area contributed by atoms with Crippen LogP contribution >= 0.6 is 0 Å².